The number of nitrogens with two attached hydrogens (primary N) is 1. The summed E-state index contributed by atoms with van der Waals surface area (Å²) in [6.07, 6.45) is 4.98. The molecule has 0 radical (unpaired) electrons. The monoisotopic (exact) mass is 297 g/mol. The molecular formula is C15H15N5O2. The van der Waals surface area contributed by atoms with Gasteiger partial charge in [-0.05, 0) is 18.2 Å². The Bertz CT molecular complexity index is 843. The van der Waals surface area contributed by atoms with Crippen molar-refractivity contribution >= 4 is 28.6 Å². The summed E-state index contributed by atoms with van der Waals surface area (Å²) in [4.78, 5) is 17.9. The number of anilines is 3. The molecule has 0 spiro atoms. The standard InChI is InChI=1S/C15H15N5O2/c1-10(21)20(14-9-11(16)3-6-17-14)13-5-8-19-12(4-7-18-19)15(13)22-2/h3-9H,1-2H3,(H2,16,17). The summed E-state index contributed by atoms with van der Waals surface area (Å²) in [6.45, 7) is 1.46. The molecule has 0 atom stereocenters. The summed E-state index contributed by atoms with van der Waals surface area (Å²) >= 11 is 0. The summed E-state index contributed by atoms with van der Waals surface area (Å²) in [6, 6.07) is 6.87. The van der Waals surface area contributed by atoms with Crippen molar-refractivity contribution in [3.05, 3.63) is 42.9 Å². The summed E-state index contributed by atoms with van der Waals surface area (Å²) in [7, 11) is 1.55. The average Bonchev–Trinajstić information content (AvgIpc) is 2.95. The van der Waals surface area contributed by atoms with Crippen LogP contribution in [0.15, 0.2) is 42.9 Å². The first-order chi connectivity index (χ1) is 10.6. The second-order valence-corrected chi connectivity index (χ2v) is 4.70. The van der Waals surface area contributed by atoms with Crippen molar-refractivity contribution in [1.29, 1.82) is 0 Å². The Hall–Kier alpha value is -3.09. The van der Waals surface area contributed by atoms with Crippen molar-refractivity contribution in [1.82, 2.24) is 14.6 Å². The van der Waals surface area contributed by atoms with Crippen molar-refractivity contribution in [3.63, 3.8) is 0 Å². The highest BCUT2D eigenvalue weighted by atomic mass is 16.5. The number of ether oxygens (including phenoxy) is 1. The van der Waals surface area contributed by atoms with E-state index >= 15 is 0 Å². The number of methoxy groups -OCH3 is 1. The van der Waals surface area contributed by atoms with Gasteiger partial charge in [-0.1, -0.05) is 0 Å². The number of nitrogen functional groups attached to an aromatic ring is 1. The Morgan fingerprint density at radius 3 is 2.82 bits per heavy atom. The van der Waals surface area contributed by atoms with E-state index in [0.29, 0.717) is 22.9 Å². The van der Waals surface area contributed by atoms with Crippen LogP contribution in [0.3, 0.4) is 0 Å². The molecule has 0 bridgehead atoms. The number of carbonyl (C=O) groups is 1. The average molecular weight is 297 g/mol. The minimum atomic E-state index is -0.194. The quantitative estimate of drug-likeness (QED) is 0.799. The molecule has 3 heterocycles. The fourth-order valence-corrected chi connectivity index (χ4v) is 2.36. The highest BCUT2D eigenvalue weighted by Gasteiger charge is 2.21. The largest absolute Gasteiger partial charge is 0.492 e. The summed E-state index contributed by atoms with van der Waals surface area (Å²) in [5.74, 6) is 0.786. The number of pyridine rings is 2. The number of hydrogen-bond acceptors (Lipinski definition) is 5. The van der Waals surface area contributed by atoms with Crippen LogP contribution in [0.4, 0.5) is 17.2 Å². The molecule has 3 aromatic rings. The zero-order valence-corrected chi connectivity index (χ0v) is 12.2. The molecule has 0 aliphatic carbocycles. The van der Waals surface area contributed by atoms with Crippen LogP contribution in [-0.4, -0.2) is 27.6 Å². The minimum absolute atomic E-state index is 0.194. The Morgan fingerprint density at radius 1 is 1.32 bits per heavy atom. The van der Waals surface area contributed by atoms with Gasteiger partial charge in [-0.3, -0.25) is 9.69 Å². The first-order valence-electron chi connectivity index (χ1n) is 6.64. The zero-order valence-electron chi connectivity index (χ0n) is 12.2. The molecule has 0 aliphatic heterocycles. The molecule has 0 unspecified atom stereocenters. The molecule has 0 fully saturated rings. The maximum Gasteiger partial charge on any atom is 0.229 e. The van der Waals surface area contributed by atoms with Crippen LogP contribution in [-0.2, 0) is 4.79 Å². The molecule has 0 aromatic carbocycles. The van der Waals surface area contributed by atoms with E-state index in [-0.39, 0.29) is 5.91 Å². The Labute approximate surface area is 126 Å². The lowest BCUT2D eigenvalue weighted by Gasteiger charge is -2.22. The van der Waals surface area contributed by atoms with Crippen LogP contribution in [0.25, 0.3) is 5.52 Å². The van der Waals surface area contributed by atoms with Crippen molar-refractivity contribution in [3.8, 4) is 5.75 Å². The topological polar surface area (TPSA) is 85.8 Å². The van der Waals surface area contributed by atoms with Gasteiger partial charge >= 0.3 is 0 Å². The van der Waals surface area contributed by atoms with E-state index in [1.807, 2.05) is 6.07 Å². The maximum atomic E-state index is 12.2. The number of nitrogens with zero attached hydrogens (tertiary/aromatic N) is 4. The lowest BCUT2D eigenvalue weighted by atomic mass is 10.2. The highest BCUT2D eigenvalue weighted by Crippen LogP contribution is 2.36. The predicted molar refractivity (Wildman–Crippen MR) is 83.2 cm³/mol. The molecule has 7 heteroatoms. The van der Waals surface area contributed by atoms with E-state index in [1.54, 1.807) is 48.4 Å². The first-order valence-corrected chi connectivity index (χ1v) is 6.64. The van der Waals surface area contributed by atoms with Crippen LogP contribution >= 0.6 is 0 Å². The third-order valence-electron chi connectivity index (χ3n) is 3.27. The van der Waals surface area contributed by atoms with Gasteiger partial charge in [0.2, 0.25) is 5.91 Å². The molecule has 22 heavy (non-hydrogen) atoms. The molecule has 0 saturated carbocycles. The highest BCUT2D eigenvalue weighted by molar-refractivity contribution is 6.01. The molecule has 1 amide bonds. The van der Waals surface area contributed by atoms with E-state index < -0.39 is 0 Å². The summed E-state index contributed by atoms with van der Waals surface area (Å²) in [5.41, 5.74) is 7.67. The number of fused-ring (bicyclic) bond motifs is 1. The predicted octanol–water partition coefficient (Wildman–Crippen LogP) is 2.00. The van der Waals surface area contributed by atoms with Gasteiger partial charge in [-0.2, -0.15) is 5.10 Å². The van der Waals surface area contributed by atoms with Crippen LogP contribution in [0.1, 0.15) is 6.92 Å². The van der Waals surface area contributed by atoms with Crippen molar-refractivity contribution < 1.29 is 9.53 Å². The molecule has 0 saturated heterocycles. The van der Waals surface area contributed by atoms with Gasteiger partial charge in [0.25, 0.3) is 0 Å². The number of hydrogen-bond donors (Lipinski definition) is 1. The third-order valence-corrected chi connectivity index (χ3v) is 3.27. The van der Waals surface area contributed by atoms with Gasteiger partial charge in [-0.15, -0.1) is 0 Å². The SMILES string of the molecule is COc1c(N(C(C)=O)c2cc(N)ccn2)ccn2nccc12. The van der Waals surface area contributed by atoms with Crippen LogP contribution < -0.4 is 15.4 Å². The van der Waals surface area contributed by atoms with E-state index in [4.69, 9.17) is 10.5 Å². The third kappa shape index (κ3) is 2.22. The summed E-state index contributed by atoms with van der Waals surface area (Å²) in [5, 5.41) is 4.16. The number of rotatable bonds is 3. The minimum Gasteiger partial charge on any atom is -0.492 e. The fraction of sp³-hybridized carbons (Fsp3) is 0.133. The smallest absolute Gasteiger partial charge is 0.229 e. The Kier molecular flexibility index (Phi) is 3.38. The van der Waals surface area contributed by atoms with Crippen molar-refractivity contribution in [2.45, 2.75) is 6.92 Å². The van der Waals surface area contributed by atoms with Gasteiger partial charge in [0.05, 0.1) is 19.0 Å². The lowest BCUT2D eigenvalue weighted by molar-refractivity contribution is -0.115. The van der Waals surface area contributed by atoms with Crippen molar-refractivity contribution in [2.24, 2.45) is 0 Å². The lowest BCUT2D eigenvalue weighted by Crippen LogP contribution is -2.24. The van der Waals surface area contributed by atoms with Crippen LogP contribution in [0, 0.1) is 0 Å². The first kappa shape index (κ1) is 13.9. The molecule has 2 N–H and O–H groups in total. The maximum absolute atomic E-state index is 12.2. The Balaban J connectivity index is 2.23. The summed E-state index contributed by atoms with van der Waals surface area (Å²) < 4.78 is 7.16. The van der Waals surface area contributed by atoms with E-state index in [2.05, 4.69) is 10.1 Å². The van der Waals surface area contributed by atoms with Gasteiger partial charge in [0.1, 0.15) is 11.3 Å². The van der Waals surface area contributed by atoms with Gasteiger partial charge in [-0.25, -0.2) is 9.50 Å². The molecule has 3 rings (SSSR count). The van der Waals surface area contributed by atoms with E-state index in [1.165, 1.54) is 11.8 Å². The Morgan fingerprint density at radius 2 is 2.14 bits per heavy atom. The van der Waals surface area contributed by atoms with Crippen LogP contribution in [0.5, 0.6) is 5.75 Å². The molecule has 3 aromatic heterocycles. The number of carbonyl (C=O) groups excluding carboxylic acids is 1. The van der Waals surface area contributed by atoms with Gasteiger partial charge in [0.15, 0.2) is 5.75 Å². The van der Waals surface area contributed by atoms with Gasteiger partial charge < -0.3 is 10.5 Å². The molecule has 0 aliphatic rings. The molecular weight excluding hydrogens is 282 g/mol. The van der Waals surface area contributed by atoms with Crippen molar-refractivity contribution in [2.75, 3.05) is 17.7 Å². The fourth-order valence-electron chi connectivity index (χ4n) is 2.36. The number of aromatic nitrogens is 3. The molecule has 7 nitrogen and oxygen atoms in total. The van der Waals surface area contributed by atoms with Gasteiger partial charge in [0, 0.05) is 31.1 Å². The van der Waals surface area contributed by atoms with E-state index in [9.17, 15) is 4.79 Å². The second kappa shape index (κ2) is 5.36. The molecule has 112 valence electrons. The van der Waals surface area contributed by atoms with Crippen LogP contribution in [0.2, 0.25) is 0 Å². The van der Waals surface area contributed by atoms with E-state index in [0.717, 1.165) is 5.52 Å². The normalized spacial score (nSPS) is 10.6. The number of amides is 1. The zero-order chi connectivity index (χ0) is 15.7. The second-order valence-electron chi connectivity index (χ2n) is 4.70.